The summed E-state index contributed by atoms with van der Waals surface area (Å²) in [5, 5.41) is -0.481. The van der Waals surface area contributed by atoms with Gasteiger partial charge < -0.3 is 9.80 Å². The van der Waals surface area contributed by atoms with Crippen LogP contribution in [0.25, 0.3) is 28.0 Å². The maximum absolute atomic E-state index is 15.9. The molecular formula is C29H23ClF5N5O4S. The number of pyridine rings is 1. The van der Waals surface area contributed by atoms with Gasteiger partial charge in [-0.15, -0.1) is 0 Å². The zero-order valence-electron chi connectivity index (χ0n) is 23.6. The van der Waals surface area contributed by atoms with Gasteiger partial charge in [0.05, 0.1) is 32.1 Å². The Morgan fingerprint density at radius 1 is 1.09 bits per heavy atom. The molecule has 0 saturated carbocycles. The molecule has 1 fully saturated rings. The van der Waals surface area contributed by atoms with Crippen LogP contribution in [0.1, 0.15) is 12.5 Å². The van der Waals surface area contributed by atoms with Gasteiger partial charge in [0.15, 0.2) is 21.3 Å². The van der Waals surface area contributed by atoms with Gasteiger partial charge in [0.1, 0.15) is 17.3 Å². The Morgan fingerprint density at radius 2 is 1.78 bits per heavy atom. The number of piperazine rings is 1. The molecule has 1 aliphatic rings. The van der Waals surface area contributed by atoms with Crippen LogP contribution in [0.4, 0.5) is 27.8 Å². The number of aromatic nitrogens is 3. The van der Waals surface area contributed by atoms with Crippen molar-refractivity contribution in [3.63, 3.8) is 0 Å². The number of amides is 1. The van der Waals surface area contributed by atoms with E-state index < -0.39 is 72.4 Å². The first kappa shape index (κ1) is 32.0. The maximum Gasteiger partial charge on any atom is 0.417 e. The molecular weight excluding hydrogens is 645 g/mol. The van der Waals surface area contributed by atoms with Gasteiger partial charge in [-0.3, -0.25) is 4.79 Å². The number of sulfone groups is 1. The summed E-state index contributed by atoms with van der Waals surface area (Å²) in [7, 11) is -4.09. The normalized spacial score (nSPS) is 15.9. The Balaban J connectivity index is 1.89. The molecule has 0 radical (unpaired) electrons. The fraction of sp³-hybridized carbons (Fsp3) is 0.241. The molecule has 0 unspecified atom stereocenters. The first-order chi connectivity index (χ1) is 21.0. The molecule has 16 heteroatoms. The number of para-hydroxylation sites is 1. The number of hydrogen-bond acceptors (Lipinski definition) is 7. The van der Waals surface area contributed by atoms with Gasteiger partial charge in [-0.1, -0.05) is 30.3 Å². The highest BCUT2D eigenvalue weighted by atomic mass is 35.5. The lowest BCUT2D eigenvalue weighted by molar-refractivity contribution is -0.137. The van der Waals surface area contributed by atoms with Crippen LogP contribution in [-0.2, 0) is 20.8 Å². The van der Waals surface area contributed by atoms with Crippen molar-refractivity contribution in [3.8, 4) is 16.9 Å². The number of carbonyl (C=O) groups excluding carboxylic acids is 1. The summed E-state index contributed by atoms with van der Waals surface area (Å²) in [4.78, 5) is 36.8. The molecule has 2 aromatic heterocycles. The van der Waals surface area contributed by atoms with E-state index in [-0.39, 0.29) is 41.8 Å². The van der Waals surface area contributed by atoms with Crippen LogP contribution in [0.2, 0.25) is 5.02 Å². The Bertz CT molecular complexity index is 2050. The van der Waals surface area contributed by atoms with Crippen molar-refractivity contribution >= 4 is 44.2 Å². The zero-order valence-corrected chi connectivity index (χ0v) is 25.1. The summed E-state index contributed by atoms with van der Waals surface area (Å²) in [5.41, 5.74) is -5.94. The number of anilines is 1. The summed E-state index contributed by atoms with van der Waals surface area (Å²) in [6, 6.07) is 6.01. The molecule has 0 bridgehead atoms. The standard InChI is InChI=1S/C29H23ClF5N5O4S/c1-4-22(41)38-11-12-39(15(2)14-38)26-16-13-20(32)24(23-17(29(33,34)35)7-5-9-19(23)31)36-27(16)40(28(42)37-26)25-18(30)8-6-10-21(25)45(3,43)44/h4-10,13,15H,1,11-12,14H2,2-3H3/t15-/m0/s1. The molecule has 1 atom stereocenters. The monoisotopic (exact) mass is 667 g/mol. The Labute approximate surface area is 258 Å². The summed E-state index contributed by atoms with van der Waals surface area (Å²) in [6.45, 7) is 5.57. The van der Waals surface area contributed by atoms with E-state index in [1.807, 2.05) is 0 Å². The molecule has 9 nitrogen and oxygen atoms in total. The van der Waals surface area contributed by atoms with E-state index in [0.29, 0.717) is 16.7 Å². The molecule has 0 N–H and O–H groups in total. The summed E-state index contributed by atoms with van der Waals surface area (Å²) in [6.07, 6.45) is -3.14. The lowest BCUT2D eigenvalue weighted by atomic mass is 10.0. The maximum atomic E-state index is 15.9. The second-order valence-electron chi connectivity index (χ2n) is 10.3. The zero-order chi connectivity index (χ0) is 33.0. The van der Waals surface area contributed by atoms with Crippen LogP contribution in [-0.4, -0.2) is 65.7 Å². The molecule has 1 aliphatic heterocycles. The summed E-state index contributed by atoms with van der Waals surface area (Å²) >= 11 is 6.39. The molecule has 1 amide bonds. The lowest BCUT2D eigenvalue weighted by Gasteiger charge is -2.40. The van der Waals surface area contributed by atoms with Crippen molar-refractivity contribution in [2.75, 3.05) is 30.8 Å². The average Bonchev–Trinajstić information content (AvgIpc) is 2.96. The first-order valence-electron chi connectivity index (χ1n) is 13.2. The minimum Gasteiger partial charge on any atom is -0.350 e. The predicted octanol–water partition coefficient (Wildman–Crippen LogP) is 5.02. The Kier molecular flexibility index (Phi) is 8.21. The fourth-order valence-corrected chi connectivity index (χ4v) is 6.51. The number of hydrogen-bond donors (Lipinski definition) is 0. The van der Waals surface area contributed by atoms with Crippen molar-refractivity contribution in [3.05, 3.63) is 87.8 Å². The van der Waals surface area contributed by atoms with Gasteiger partial charge in [-0.2, -0.15) is 18.2 Å². The number of benzene rings is 2. The number of nitrogens with zero attached hydrogens (tertiary/aromatic N) is 5. The molecule has 5 rings (SSSR count). The molecule has 45 heavy (non-hydrogen) atoms. The number of rotatable bonds is 5. The minimum atomic E-state index is -5.12. The van der Waals surface area contributed by atoms with Crippen molar-refractivity contribution in [1.29, 1.82) is 0 Å². The van der Waals surface area contributed by atoms with Crippen molar-refractivity contribution in [2.45, 2.75) is 24.0 Å². The van der Waals surface area contributed by atoms with E-state index in [0.717, 1.165) is 30.5 Å². The van der Waals surface area contributed by atoms with Crippen LogP contribution >= 0.6 is 11.6 Å². The van der Waals surface area contributed by atoms with Crippen LogP contribution in [0, 0.1) is 11.6 Å². The first-order valence-corrected chi connectivity index (χ1v) is 15.5. The van der Waals surface area contributed by atoms with Crippen molar-refractivity contribution < 1.29 is 35.2 Å². The van der Waals surface area contributed by atoms with E-state index in [1.54, 1.807) is 11.8 Å². The topological polar surface area (TPSA) is 105 Å². The van der Waals surface area contributed by atoms with Crippen molar-refractivity contribution in [1.82, 2.24) is 19.4 Å². The Hall–Kier alpha value is -4.37. The third-order valence-electron chi connectivity index (χ3n) is 7.32. The van der Waals surface area contributed by atoms with E-state index in [4.69, 9.17) is 11.6 Å². The SMILES string of the molecule is C=CC(=O)N1CCN(c2nc(=O)n(-c3c(Cl)cccc3S(C)(=O)=O)c3nc(-c4c(F)cccc4C(F)(F)F)c(F)cc23)[C@@H](C)C1. The third kappa shape index (κ3) is 5.77. The summed E-state index contributed by atoms with van der Waals surface area (Å²) < 4.78 is 98.9. The smallest absolute Gasteiger partial charge is 0.350 e. The van der Waals surface area contributed by atoms with Gasteiger partial charge in [-0.05, 0) is 43.3 Å². The van der Waals surface area contributed by atoms with Crippen LogP contribution in [0.5, 0.6) is 0 Å². The fourth-order valence-electron chi connectivity index (χ4n) is 5.32. The van der Waals surface area contributed by atoms with Crippen LogP contribution in [0.3, 0.4) is 0 Å². The molecule has 4 aromatic rings. The Morgan fingerprint density at radius 3 is 2.40 bits per heavy atom. The van der Waals surface area contributed by atoms with E-state index >= 15 is 8.78 Å². The molecule has 0 spiro atoms. The van der Waals surface area contributed by atoms with E-state index in [2.05, 4.69) is 16.5 Å². The second-order valence-corrected chi connectivity index (χ2v) is 12.7. The van der Waals surface area contributed by atoms with Crippen LogP contribution in [0.15, 0.2) is 64.8 Å². The third-order valence-corrected chi connectivity index (χ3v) is 8.75. The molecule has 236 valence electrons. The van der Waals surface area contributed by atoms with Gasteiger partial charge in [0.2, 0.25) is 5.91 Å². The largest absolute Gasteiger partial charge is 0.417 e. The number of halogens is 6. The quantitative estimate of drug-likeness (QED) is 0.217. The van der Waals surface area contributed by atoms with Gasteiger partial charge in [0.25, 0.3) is 0 Å². The van der Waals surface area contributed by atoms with E-state index in [1.165, 1.54) is 17.0 Å². The van der Waals surface area contributed by atoms with Gasteiger partial charge in [0, 0.05) is 31.9 Å². The average molecular weight is 668 g/mol. The predicted molar refractivity (Wildman–Crippen MR) is 157 cm³/mol. The second kappa shape index (κ2) is 11.5. The highest BCUT2D eigenvalue weighted by molar-refractivity contribution is 7.90. The highest BCUT2D eigenvalue weighted by Gasteiger charge is 2.37. The number of fused-ring (bicyclic) bond motifs is 1. The molecule has 3 heterocycles. The van der Waals surface area contributed by atoms with Crippen LogP contribution < -0.4 is 10.6 Å². The summed E-state index contributed by atoms with van der Waals surface area (Å²) in [5.74, 6) is -3.30. The number of carbonyl (C=O) groups is 1. The molecule has 1 saturated heterocycles. The number of alkyl halides is 3. The molecule has 2 aromatic carbocycles. The van der Waals surface area contributed by atoms with Gasteiger partial charge >= 0.3 is 11.9 Å². The highest BCUT2D eigenvalue weighted by Crippen LogP contribution is 2.40. The minimum absolute atomic E-state index is 0.0991. The lowest BCUT2D eigenvalue weighted by Crippen LogP contribution is -2.54. The van der Waals surface area contributed by atoms with Gasteiger partial charge in [-0.25, -0.2) is 31.5 Å². The van der Waals surface area contributed by atoms with Crippen molar-refractivity contribution in [2.24, 2.45) is 0 Å². The molecule has 0 aliphatic carbocycles. The van der Waals surface area contributed by atoms with E-state index in [9.17, 15) is 31.2 Å².